The van der Waals surface area contributed by atoms with Crippen LogP contribution in [0.25, 0.3) is 33.5 Å². The molecule has 2 aromatic carbocycles. The van der Waals surface area contributed by atoms with Gasteiger partial charge in [0, 0.05) is 16.9 Å². The van der Waals surface area contributed by atoms with Gasteiger partial charge in [-0.3, -0.25) is 9.36 Å². The molecule has 0 saturated heterocycles. The number of nitrogens with zero attached hydrogens (tertiary/aromatic N) is 5. The molecule has 0 radical (unpaired) electrons. The molecule has 0 aliphatic carbocycles. The summed E-state index contributed by atoms with van der Waals surface area (Å²) < 4.78 is 3.22. The Morgan fingerprint density at radius 3 is 2.57 bits per heavy atom. The average Bonchev–Trinajstić information content (AvgIpc) is 3.05. The summed E-state index contributed by atoms with van der Waals surface area (Å²) in [4.78, 5) is 13.0. The highest BCUT2D eigenvalue weighted by atomic mass is 35.5. The Hall–Kier alpha value is -3.51. The van der Waals surface area contributed by atoms with Gasteiger partial charge in [-0.05, 0) is 42.8 Å². The van der Waals surface area contributed by atoms with Crippen molar-refractivity contribution in [1.29, 1.82) is 0 Å². The number of rotatable bonds is 2. The van der Waals surface area contributed by atoms with Gasteiger partial charge in [-0.1, -0.05) is 41.9 Å². The molecule has 7 heteroatoms. The molecule has 3 heterocycles. The van der Waals surface area contributed by atoms with Crippen molar-refractivity contribution in [2.45, 2.75) is 6.92 Å². The Balaban J connectivity index is 1.79. The van der Waals surface area contributed by atoms with E-state index in [1.807, 2.05) is 67.6 Å². The summed E-state index contributed by atoms with van der Waals surface area (Å²) in [5, 5.41) is 13.8. The Bertz CT molecular complexity index is 1410. The molecule has 0 unspecified atom stereocenters. The molecule has 5 aromatic rings. The summed E-state index contributed by atoms with van der Waals surface area (Å²) in [7, 11) is 0. The van der Waals surface area contributed by atoms with Crippen molar-refractivity contribution in [3.05, 3.63) is 87.9 Å². The van der Waals surface area contributed by atoms with Gasteiger partial charge in [0.25, 0.3) is 5.56 Å². The SMILES string of the molecule is Cc1nn2c(nnc3c(=O)n(-c4ccccc4)ccc32)c1-c1cccc(Cl)c1. The van der Waals surface area contributed by atoms with Crippen LogP contribution >= 0.6 is 11.6 Å². The first-order valence-electron chi connectivity index (χ1n) is 8.72. The maximum absolute atomic E-state index is 13.0. The standard InChI is InChI=1S/C21H14ClN5O/c1-13-18(14-6-5-7-15(22)12-14)20-24-23-19-17(27(20)25-13)10-11-26(21(19)28)16-8-3-2-4-9-16/h2-12H,1H3. The van der Waals surface area contributed by atoms with Crippen LogP contribution in [0.2, 0.25) is 5.02 Å². The average molecular weight is 388 g/mol. The first kappa shape index (κ1) is 16.6. The minimum absolute atomic E-state index is 0.240. The second-order valence-corrected chi connectivity index (χ2v) is 6.90. The summed E-state index contributed by atoms with van der Waals surface area (Å²) in [5.74, 6) is 0. The summed E-state index contributed by atoms with van der Waals surface area (Å²) in [5.41, 5.74) is 4.54. The fraction of sp³-hybridized carbons (Fsp3) is 0.0476. The van der Waals surface area contributed by atoms with Crippen LogP contribution in [0, 0.1) is 6.92 Å². The Kier molecular flexibility index (Phi) is 3.74. The smallest absolute Gasteiger partial charge is 0.282 e. The van der Waals surface area contributed by atoms with Gasteiger partial charge in [0.15, 0.2) is 11.2 Å². The molecular formula is C21H14ClN5O. The molecule has 3 aromatic heterocycles. The molecule has 0 bridgehead atoms. The molecule has 0 aliphatic rings. The van der Waals surface area contributed by atoms with Crippen LogP contribution in [0.1, 0.15) is 5.69 Å². The number of aromatic nitrogens is 5. The van der Waals surface area contributed by atoms with Crippen LogP contribution in [0.3, 0.4) is 0 Å². The molecule has 136 valence electrons. The van der Waals surface area contributed by atoms with Crippen LogP contribution in [0.15, 0.2) is 71.7 Å². The molecular weight excluding hydrogens is 374 g/mol. The second kappa shape index (κ2) is 6.28. The summed E-state index contributed by atoms with van der Waals surface area (Å²) in [6.45, 7) is 1.90. The van der Waals surface area contributed by atoms with Gasteiger partial charge in [-0.25, -0.2) is 4.52 Å². The molecule has 5 rings (SSSR count). The maximum atomic E-state index is 13.0. The van der Waals surface area contributed by atoms with Gasteiger partial charge in [0.2, 0.25) is 0 Å². The Labute approximate surface area is 164 Å². The van der Waals surface area contributed by atoms with Crippen molar-refractivity contribution in [2.24, 2.45) is 0 Å². The highest BCUT2D eigenvalue weighted by Gasteiger charge is 2.17. The number of halogens is 1. The van der Waals surface area contributed by atoms with E-state index in [1.165, 1.54) is 0 Å². The van der Waals surface area contributed by atoms with Gasteiger partial charge in [0.1, 0.15) is 5.52 Å². The molecule has 0 N–H and O–H groups in total. The van der Waals surface area contributed by atoms with Crippen molar-refractivity contribution in [3.63, 3.8) is 0 Å². The van der Waals surface area contributed by atoms with Gasteiger partial charge < -0.3 is 0 Å². The predicted octanol–water partition coefficient (Wildman–Crippen LogP) is 4.06. The van der Waals surface area contributed by atoms with Gasteiger partial charge in [-0.2, -0.15) is 5.10 Å². The predicted molar refractivity (Wildman–Crippen MR) is 109 cm³/mol. The molecule has 0 fully saturated rings. The van der Waals surface area contributed by atoms with E-state index in [0.29, 0.717) is 16.2 Å². The minimum Gasteiger partial charge on any atom is -0.282 e. The lowest BCUT2D eigenvalue weighted by atomic mass is 10.1. The van der Waals surface area contributed by atoms with E-state index in [9.17, 15) is 4.79 Å². The minimum atomic E-state index is -0.240. The first-order valence-corrected chi connectivity index (χ1v) is 9.10. The highest BCUT2D eigenvalue weighted by Crippen LogP contribution is 2.29. The molecule has 6 nitrogen and oxygen atoms in total. The lowest BCUT2D eigenvalue weighted by Gasteiger charge is -2.07. The van der Waals surface area contributed by atoms with E-state index in [0.717, 1.165) is 22.5 Å². The van der Waals surface area contributed by atoms with Gasteiger partial charge in [-0.15, -0.1) is 10.2 Å². The number of hydrogen-bond donors (Lipinski definition) is 0. The van der Waals surface area contributed by atoms with Crippen molar-refractivity contribution >= 4 is 28.3 Å². The third-order valence-electron chi connectivity index (χ3n) is 4.70. The van der Waals surface area contributed by atoms with E-state index < -0.39 is 0 Å². The maximum Gasteiger partial charge on any atom is 0.285 e. The van der Waals surface area contributed by atoms with Crippen LogP contribution < -0.4 is 5.56 Å². The number of hydrogen-bond acceptors (Lipinski definition) is 4. The van der Waals surface area contributed by atoms with Crippen LogP contribution in [-0.4, -0.2) is 24.4 Å². The van der Waals surface area contributed by atoms with E-state index in [1.54, 1.807) is 15.3 Å². The van der Waals surface area contributed by atoms with Crippen molar-refractivity contribution < 1.29 is 0 Å². The number of pyridine rings is 1. The number of benzene rings is 2. The molecule has 0 amide bonds. The zero-order valence-electron chi connectivity index (χ0n) is 14.9. The molecule has 0 aliphatic heterocycles. The van der Waals surface area contributed by atoms with E-state index in [-0.39, 0.29) is 11.1 Å². The highest BCUT2D eigenvalue weighted by molar-refractivity contribution is 6.30. The van der Waals surface area contributed by atoms with Crippen LogP contribution in [0.5, 0.6) is 0 Å². The molecule has 28 heavy (non-hydrogen) atoms. The van der Waals surface area contributed by atoms with Gasteiger partial charge >= 0.3 is 0 Å². The summed E-state index contributed by atoms with van der Waals surface area (Å²) in [6.07, 6.45) is 1.73. The first-order chi connectivity index (χ1) is 13.6. The molecule has 0 atom stereocenters. The number of para-hydroxylation sites is 1. The zero-order valence-corrected chi connectivity index (χ0v) is 15.6. The third-order valence-corrected chi connectivity index (χ3v) is 4.94. The monoisotopic (exact) mass is 387 g/mol. The molecule has 0 saturated carbocycles. The van der Waals surface area contributed by atoms with Crippen molar-refractivity contribution in [3.8, 4) is 16.8 Å². The topological polar surface area (TPSA) is 65.1 Å². The summed E-state index contributed by atoms with van der Waals surface area (Å²) >= 11 is 6.15. The fourth-order valence-corrected chi connectivity index (χ4v) is 3.62. The molecule has 0 spiro atoms. The Morgan fingerprint density at radius 2 is 1.79 bits per heavy atom. The van der Waals surface area contributed by atoms with E-state index >= 15 is 0 Å². The van der Waals surface area contributed by atoms with Crippen molar-refractivity contribution in [1.82, 2.24) is 24.4 Å². The normalized spacial score (nSPS) is 11.4. The lowest BCUT2D eigenvalue weighted by Crippen LogP contribution is -2.20. The second-order valence-electron chi connectivity index (χ2n) is 6.47. The summed E-state index contributed by atoms with van der Waals surface area (Å²) in [6, 6.07) is 18.8. The van der Waals surface area contributed by atoms with E-state index in [4.69, 9.17) is 11.6 Å². The number of aryl methyl sites for hydroxylation is 1. The largest absolute Gasteiger partial charge is 0.285 e. The quantitative estimate of drug-likeness (QED) is 0.458. The number of fused-ring (bicyclic) bond motifs is 3. The van der Waals surface area contributed by atoms with Crippen LogP contribution in [0.4, 0.5) is 0 Å². The third kappa shape index (κ3) is 2.50. The zero-order chi connectivity index (χ0) is 19.3. The Morgan fingerprint density at radius 1 is 0.964 bits per heavy atom. The van der Waals surface area contributed by atoms with E-state index in [2.05, 4.69) is 15.3 Å². The van der Waals surface area contributed by atoms with Crippen LogP contribution in [-0.2, 0) is 0 Å². The fourth-order valence-electron chi connectivity index (χ4n) is 3.43. The van der Waals surface area contributed by atoms with Gasteiger partial charge in [0.05, 0.1) is 11.3 Å². The van der Waals surface area contributed by atoms with Crippen molar-refractivity contribution in [2.75, 3.05) is 0 Å². The lowest BCUT2D eigenvalue weighted by molar-refractivity contribution is 0.905.